The SMILES string of the molecule is COc1ccc(CO[C@H](CCO)[C@H]2OC(C)(C)O[C@@H]2[C@H]2COC(C)(C)O2)cc1. The molecule has 0 saturated carbocycles. The lowest BCUT2D eigenvalue weighted by atomic mass is 10.0. The Labute approximate surface area is 166 Å². The molecule has 1 aromatic carbocycles. The van der Waals surface area contributed by atoms with E-state index in [0.29, 0.717) is 19.6 Å². The molecule has 7 nitrogen and oxygen atoms in total. The average Bonchev–Trinajstić information content (AvgIpc) is 3.17. The van der Waals surface area contributed by atoms with Crippen molar-refractivity contribution in [1.29, 1.82) is 0 Å². The van der Waals surface area contributed by atoms with Crippen molar-refractivity contribution >= 4 is 0 Å². The Hall–Kier alpha value is -1.22. The fourth-order valence-electron chi connectivity index (χ4n) is 3.66. The maximum atomic E-state index is 9.58. The van der Waals surface area contributed by atoms with Gasteiger partial charge in [-0.2, -0.15) is 0 Å². The molecule has 2 fully saturated rings. The van der Waals surface area contributed by atoms with Gasteiger partial charge in [-0.05, 0) is 51.8 Å². The molecule has 3 rings (SSSR count). The molecule has 0 radical (unpaired) electrons. The number of hydrogen-bond donors (Lipinski definition) is 1. The third-order valence-corrected chi connectivity index (χ3v) is 4.96. The Bertz CT molecular complexity index is 628. The summed E-state index contributed by atoms with van der Waals surface area (Å²) in [6.07, 6.45) is -0.876. The molecule has 1 N–H and O–H groups in total. The lowest BCUT2D eigenvalue weighted by Crippen LogP contribution is -2.45. The first-order valence-electron chi connectivity index (χ1n) is 9.76. The van der Waals surface area contributed by atoms with Gasteiger partial charge in [0, 0.05) is 6.61 Å². The second-order valence-electron chi connectivity index (χ2n) is 8.14. The first-order chi connectivity index (χ1) is 13.2. The van der Waals surface area contributed by atoms with E-state index in [1.165, 1.54) is 0 Å². The van der Waals surface area contributed by atoms with Gasteiger partial charge in [0.15, 0.2) is 11.6 Å². The first kappa shape index (κ1) is 21.5. The summed E-state index contributed by atoms with van der Waals surface area (Å²) in [5.74, 6) is -0.615. The van der Waals surface area contributed by atoms with Gasteiger partial charge >= 0.3 is 0 Å². The van der Waals surface area contributed by atoms with Gasteiger partial charge in [0.2, 0.25) is 0 Å². The molecular formula is C21H32O7. The zero-order valence-electron chi connectivity index (χ0n) is 17.3. The van der Waals surface area contributed by atoms with Crippen LogP contribution in [0.4, 0.5) is 0 Å². The van der Waals surface area contributed by atoms with E-state index in [1.54, 1.807) is 7.11 Å². The van der Waals surface area contributed by atoms with Crippen LogP contribution in [0.5, 0.6) is 5.75 Å². The molecule has 4 atom stereocenters. The molecule has 0 amide bonds. The minimum absolute atomic E-state index is 0.00615. The van der Waals surface area contributed by atoms with Gasteiger partial charge in [0.1, 0.15) is 24.1 Å². The summed E-state index contributed by atoms with van der Waals surface area (Å²) in [5, 5.41) is 9.58. The highest BCUT2D eigenvalue weighted by atomic mass is 16.8. The number of ether oxygens (including phenoxy) is 6. The molecule has 2 aliphatic heterocycles. The molecule has 0 aliphatic carbocycles. The fraction of sp³-hybridized carbons (Fsp3) is 0.714. The van der Waals surface area contributed by atoms with Crippen LogP contribution in [0.25, 0.3) is 0 Å². The van der Waals surface area contributed by atoms with Gasteiger partial charge in [0.05, 0.1) is 26.4 Å². The van der Waals surface area contributed by atoms with Crippen LogP contribution in [0.2, 0.25) is 0 Å². The van der Waals surface area contributed by atoms with Gasteiger partial charge in [-0.3, -0.25) is 0 Å². The third-order valence-electron chi connectivity index (χ3n) is 4.96. The highest BCUT2D eigenvalue weighted by molar-refractivity contribution is 5.26. The topological polar surface area (TPSA) is 75.6 Å². The first-order valence-corrected chi connectivity index (χ1v) is 9.76. The van der Waals surface area contributed by atoms with Gasteiger partial charge in [-0.15, -0.1) is 0 Å². The molecule has 1 aromatic rings. The molecular weight excluding hydrogens is 364 g/mol. The van der Waals surface area contributed by atoms with Crippen LogP contribution in [0, 0.1) is 0 Å². The second-order valence-corrected chi connectivity index (χ2v) is 8.14. The number of hydrogen-bond acceptors (Lipinski definition) is 7. The molecule has 158 valence electrons. The van der Waals surface area contributed by atoms with Crippen LogP contribution in [-0.4, -0.2) is 61.4 Å². The van der Waals surface area contributed by atoms with Crippen molar-refractivity contribution in [2.75, 3.05) is 20.3 Å². The molecule has 0 bridgehead atoms. The Morgan fingerprint density at radius 1 is 1.07 bits per heavy atom. The number of benzene rings is 1. The summed E-state index contributed by atoms with van der Waals surface area (Å²) >= 11 is 0. The standard InChI is InChI=1S/C21H32O7/c1-20(2)25-13-17(26-20)19-18(27-21(3,4)28-19)16(10-11-22)24-12-14-6-8-15(23-5)9-7-14/h6-9,16-19,22H,10-13H2,1-5H3/t16-,17-,18-,19-/m1/s1. The summed E-state index contributed by atoms with van der Waals surface area (Å²) in [6, 6.07) is 7.71. The van der Waals surface area contributed by atoms with Crippen LogP contribution in [0.15, 0.2) is 24.3 Å². The maximum Gasteiger partial charge on any atom is 0.164 e. The molecule has 0 unspecified atom stereocenters. The summed E-state index contributed by atoms with van der Waals surface area (Å²) in [6.45, 7) is 8.34. The van der Waals surface area contributed by atoms with Crippen LogP contribution >= 0.6 is 0 Å². The molecule has 2 heterocycles. The molecule has 28 heavy (non-hydrogen) atoms. The van der Waals surface area contributed by atoms with Crippen LogP contribution < -0.4 is 4.74 Å². The van der Waals surface area contributed by atoms with Crippen molar-refractivity contribution in [2.24, 2.45) is 0 Å². The minimum Gasteiger partial charge on any atom is -0.497 e. The summed E-state index contributed by atoms with van der Waals surface area (Å²) in [7, 11) is 1.64. The zero-order chi connectivity index (χ0) is 20.4. The van der Waals surface area contributed by atoms with Crippen LogP contribution in [0.1, 0.15) is 39.7 Å². The Kier molecular flexibility index (Phi) is 6.64. The van der Waals surface area contributed by atoms with E-state index in [2.05, 4.69) is 0 Å². The lowest BCUT2D eigenvalue weighted by Gasteiger charge is -2.29. The van der Waals surface area contributed by atoms with Crippen LogP contribution in [0.3, 0.4) is 0 Å². The van der Waals surface area contributed by atoms with E-state index in [9.17, 15) is 5.11 Å². The van der Waals surface area contributed by atoms with E-state index in [1.807, 2.05) is 52.0 Å². The molecule has 2 aliphatic rings. The van der Waals surface area contributed by atoms with Gasteiger partial charge < -0.3 is 33.5 Å². The highest BCUT2D eigenvalue weighted by Gasteiger charge is 2.52. The van der Waals surface area contributed by atoms with E-state index in [4.69, 9.17) is 28.4 Å². The van der Waals surface area contributed by atoms with Crippen molar-refractivity contribution in [3.8, 4) is 5.75 Å². The van der Waals surface area contributed by atoms with E-state index >= 15 is 0 Å². The van der Waals surface area contributed by atoms with Crippen molar-refractivity contribution in [3.63, 3.8) is 0 Å². The van der Waals surface area contributed by atoms with E-state index < -0.39 is 11.6 Å². The Morgan fingerprint density at radius 2 is 1.79 bits per heavy atom. The van der Waals surface area contributed by atoms with Crippen molar-refractivity contribution in [2.45, 2.75) is 76.7 Å². The predicted octanol–water partition coefficient (Wildman–Crippen LogP) is 2.63. The number of aliphatic hydroxyl groups excluding tert-OH is 1. The molecule has 7 heteroatoms. The van der Waals surface area contributed by atoms with Crippen molar-refractivity contribution in [1.82, 2.24) is 0 Å². The largest absolute Gasteiger partial charge is 0.497 e. The lowest BCUT2D eigenvalue weighted by molar-refractivity contribution is -0.176. The van der Waals surface area contributed by atoms with Crippen molar-refractivity contribution < 1.29 is 33.5 Å². The highest BCUT2D eigenvalue weighted by Crippen LogP contribution is 2.38. The quantitative estimate of drug-likeness (QED) is 0.724. The predicted molar refractivity (Wildman–Crippen MR) is 102 cm³/mol. The number of rotatable bonds is 8. The van der Waals surface area contributed by atoms with Crippen LogP contribution in [-0.2, 0) is 30.3 Å². The van der Waals surface area contributed by atoms with Crippen molar-refractivity contribution in [3.05, 3.63) is 29.8 Å². The zero-order valence-corrected chi connectivity index (χ0v) is 17.3. The fourth-order valence-corrected chi connectivity index (χ4v) is 3.66. The van der Waals surface area contributed by atoms with Gasteiger partial charge in [-0.25, -0.2) is 0 Å². The van der Waals surface area contributed by atoms with E-state index in [-0.39, 0.29) is 31.0 Å². The minimum atomic E-state index is -0.761. The van der Waals surface area contributed by atoms with E-state index in [0.717, 1.165) is 11.3 Å². The summed E-state index contributed by atoms with van der Waals surface area (Å²) in [5.41, 5.74) is 1.01. The smallest absolute Gasteiger partial charge is 0.164 e. The third kappa shape index (κ3) is 5.23. The van der Waals surface area contributed by atoms with Gasteiger partial charge in [-0.1, -0.05) is 12.1 Å². The Balaban J connectivity index is 1.70. The average molecular weight is 396 g/mol. The maximum absolute atomic E-state index is 9.58. The summed E-state index contributed by atoms with van der Waals surface area (Å²) in [4.78, 5) is 0. The molecule has 0 spiro atoms. The second kappa shape index (κ2) is 8.65. The Morgan fingerprint density at radius 3 is 2.36 bits per heavy atom. The van der Waals surface area contributed by atoms with Gasteiger partial charge in [0.25, 0.3) is 0 Å². The number of aliphatic hydroxyl groups is 1. The molecule has 0 aromatic heterocycles. The number of methoxy groups -OCH3 is 1. The molecule has 2 saturated heterocycles. The monoisotopic (exact) mass is 396 g/mol. The summed E-state index contributed by atoms with van der Waals surface area (Å²) < 4.78 is 35.4. The normalized spacial score (nSPS) is 29.7.